The molecule has 0 radical (unpaired) electrons. The van der Waals surface area contributed by atoms with E-state index in [-0.39, 0.29) is 9.79 Å². The molecule has 2 aliphatic rings. The molecule has 2 aromatic carbocycles. The molecule has 0 saturated heterocycles. The van der Waals surface area contributed by atoms with Crippen LogP contribution in [0.15, 0.2) is 44.5 Å². The summed E-state index contributed by atoms with van der Waals surface area (Å²) >= 11 is 0. The predicted octanol–water partition coefficient (Wildman–Crippen LogP) is 2.50. The van der Waals surface area contributed by atoms with Gasteiger partial charge in [0.05, 0.1) is 9.79 Å². The van der Waals surface area contributed by atoms with Crippen LogP contribution < -0.4 is 15.2 Å². The number of benzene rings is 2. The average molecular weight is 449 g/mol. The Hall–Kier alpha value is -2.27. The maximum Gasteiger partial charge on any atom is 0.354 e. The lowest BCUT2D eigenvalue weighted by Crippen LogP contribution is -2.21. The van der Waals surface area contributed by atoms with Gasteiger partial charge in [-0.1, -0.05) is 12.1 Å². The summed E-state index contributed by atoms with van der Waals surface area (Å²) in [5.41, 5.74) is 5.55. The summed E-state index contributed by atoms with van der Waals surface area (Å²) in [5, 5.41) is 8.69. The maximum absolute atomic E-state index is 13.0. The molecule has 10 heteroatoms. The molecule has 0 spiro atoms. The summed E-state index contributed by atoms with van der Waals surface area (Å²) in [6, 6.07) is 6.78. The second-order valence-electron chi connectivity index (χ2n) is 7.51. The fourth-order valence-corrected chi connectivity index (χ4v) is 6.03. The number of urea groups is 1. The van der Waals surface area contributed by atoms with Crippen LogP contribution in [-0.2, 0) is 45.6 Å². The lowest BCUT2D eigenvalue weighted by Gasteiger charge is -2.15. The minimum absolute atomic E-state index is 0.0301. The Morgan fingerprint density at radius 1 is 0.967 bits per heavy atom. The second-order valence-corrected chi connectivity index (χ2v) is 11.2. The van der Waals surface area contributed by atoms with Gasteiger partial charge in [0.15, 0.2) is 0 Å². The van der Waals surface area contributed by atoms with Crippen LogP contribution >= 0.6 is 0 Å². The zero-order valence-electron chi connectivity index (χ0n) is 16.6. The number of carbonyl (C=O) groups excluding carboxylic acids is 1. The van der Waals surface area contributed by atoms with E-state index in [1.807, 2.05) is 0 Å². The molecule has 8 nitrogen and oxygen atoms in total. The van der Waals surface area contributed by atoms with Crippen LogP contribution in [0.25, 0.3) is 0 Å². The van der Waals surface area contributed by atoms with E-state index >= 15 is 0 Å². The van der Waals surface area contributed by atoms with E-state index in [2.05, 4.69) is 20.5 Å². The fraction of sp³-hybridized carbons (Fsp3) is 0.350. The van der Waals surface area contributed by atoms with Crippen molar-refractivity contribution in [2.24, 2.45) is 9.50 Å². The third-order valence-electron chi connectivity index (χ3n) is 5.65. The Labute approximate surface area is 176 Å². The molecule has 1 unspecified atom stereocenters. The van der Waals surface area contributed by atoms with Crippen molar-refractivity contribution >= 4 is 31.7 Å². The maximum atomic E-state index is 13.0. The van der Waals surface area contributed by atoms with Crippen LogP contribution in [0.4, 0.5) is 10.5 Å². The molecule has 0 fully saturated rings. The van der Waals surface area contributed by atoms with Gasteiger partial charge in [-0.15, -0.1) is 4.36 Å². The normalized spacial score (nSPS) is 17.1. The third-order valence-corrected chi connectivity index (χ3v) is 8.42. The van der Waals surface area contributed by atoms with Gasteiger partial charge in [-0.05, 0) is 86.0 Å². The molecular formula is C20H24N4O4S2. The summed E-state index contributed by atoms with van der Waals surface area (Å²) in [5.74, 6) is 0. The SMILES string of the molecule is CNS(=O)(=O)c1cccc(S(N)(=O)=NC(=O)Nc2c3c(cc4c2CCC4)CCC3)c1. The van der Waals surface area contributed by atoms with Gasteiger partial charge in [-0.2, -0.15) is 0 Å². The first-order chi connectivity index (χ1) is 14.2. The van der Waals surface area contributed by atoms with Crippen LogP contribution in [0.5, 0.6) is 0 Å². The van der Waals surface area contributed by atoms with Crippen LogP contribution in [0.3, 0.4) is 0 Å². The van der Waals surface area contributed by atoms with Gasteiger partial charge in [0.25, 0.3) is 0 Å². The summed E-state index contributed by atoms with van der Waals surface area (Å²) < 4.78 is 42.9. The van der Waals surface area contributed by atoms with Gasteiger partial charge >= 0.3 is 6.03 Å². The van der Waals surface area contributed by atoms with E-state index in [4.69, 9.17) is 5.14 Å². The Bertz CT molecular complexity index is 1230. The number of hydrogen-bond acceptors (Lipinski definition) is 4. The first-order valence-corrected chi connectivity index (χ1v) is 12.8. The number of sulfonamides is 1. The van der Waals surface area contributed by atoms with E-state index in [1.165, 1.54) is 42.4 Å². The van der Waals surface area contributed by atoms with E-state index < -0.39 is 26.0 Å². The average Bonchev–Trinajstić information content (AvgIpc) is 3.36. The highest BCUT2D eigenvalue weighted by Crippen LogP contribution is 2.38. The van der Waals surface area contributed by atoms with Crippen molar-refractivity contribution in [1.82, 2.24) is 4.72 Å². The second kappa shape index (κ2) is 7.77. The molecule has 160 valence electrons. The Kier molecular flexibility index (Phi) is 5.43. The molecule has 0 heterocycles. The van der Waals surface area contributed by atoms with Crippen molar-refractivity contribution < 1.29 is 17.4 Å². The zero-order valence-corrected chi connectivity index (χ0v) is 18.2. The van der Waals surface area contributed by atoms with E-state index in [1.54, 1.807) is 0 Å². The number of amides is 2. The standard InChI is InChI=1S/C20H24N4O4S2/c1-22-30(27,28)16-8-4-7-15(12-16)29(21,26)24-20(25)23-19-17-9-2-5-13(17)11-14-6-3-10-18(14)19/h4,7-8,11-12,22H,2-3,5-6,9-10H2,1H3,(H3,21,23,24,25,26). The van der Waals surface area contributed by atoms with Crippen molar-refractivity contribution in [2.75, 3.05) is 12.4 Å². The van der Waals surface area contributed by atoms with Crippen molar-refractivity contribution in [3.63, 3.8) is 0 Å². The van der Waals surface area contributed by atoms with Crippen LogP contribution in [0, 0.1) is 0 Å². The van der Waals surface area contributed by atoms with Crippen molar-refractivity contribution in [2.45, 2.75) is 48.3 Å². The molecule has 2 amide bonds. The molecule has 30 heavy (non-hydrogen) atoms. The molecule has 0 saturated carbocycles. The number of nitrogens with two attached hydrogens (primary N) is 1. The number of anilines is 1. The van der Waals surface area contributed by atoms with Gasteiger partial charge in [0, 0.05) is 5.69 Å². The van der Waals surface area contributed by atoms with E-state index in [0.29, 0.717) is 0 Å². The Balaban J connectivity index is 1.68. The van der Waals surface area contributed by atoms with Crippen LogP contribution in [0.1, 0.15) is 35.1 Å². The number of aryl methyl sites for hydroxylation is 2. The first-order valence-electron chi connectivity index (χ1n) is 9.77. The summed E-state index contributed by atoms with van der Waals surface area (Å²) in [4.78, 5) is 12.5. The molecular weight excluding hydrogens is 424 g/mol. The molecule has 2 aromatic rings. The zero-order chi connectivity index (χ0) is 21.5. The smallest absolute Gasteiger partial charge is 0.305 e. The lowest BCUT2D eigenvalue weighted by molar-refractivity contribution is 0.260. The van der Waals surface area contributed by atoms with Crippen molar-refractivity contribution in [3.05, 3.63) is 52.6 Å². The highest BCUT2D eigenvalue weighted by molar-refractivity contribution is 7.92. The van der Waals surface area contributed by atoms with Gasteiger partial charge in [-0.25, -0.2) is 27.3 Å². The molecule has 2 aliphatic carbocycles. The summed E-state index contributed by atoms with van der Waals surface area (Å²) in [6.45, 7) is 0. The molecule has 0 bridgehead atoms. The molecule has 0 aromatic heterocycles. The molecule has 4 N–H and O–H groups in total. The first kappa shape index (κ1) is 21.0. The minimum atomic E-state index is -3.74. The number of nitrogens with zero attached hydrogens (tertiary/aromatic N) is 1. The predicted molar refractivity (Wildman–Crippen MR) is 115 cm³/mol. The number of nitrogens with one attached hydrogen (secondary N) is 2. The summed E-state index contributed by atoms with van der Waals surface area (Å²) in [6.07, 6.45) is 5.84. The number of rotatable bonds is 4. The van der Waals surface area contributed by atoms with Crippen LogP contribution in [-0.4, -0.2) is 25.7 Å². The van der Waals surface area contributed by atoms with Gasteiger partial charge in [0.1, 0.15) is 9.92 Å². The minimum Gasteiger partial charge on any atom is -0.305 e. The third kappa shape index (κ3) is 3.87. The monoisotopic (exact) mass is 448 g/mol. The Morgan fingerprint density at radius 2 is 1.57 bits per heavy atom. The number of carbonyl (C=O) groups is 1. The van der Waals surface area contributed by atoms with Gasteiger partial charge in [0.2, 0.25) is 10.0 Å². The molecule has 0 aliphatic heterocycles. The van der Waals surface area contributed by atoms with Gasteiger partial charge in [-0.3, -0.25) is 0 Å². The highest BCUT2D eigenvalue weighted by atomic mass is 32.2. The van der Waals surface area contributed by atoms with E-state index in [9.17, 15) is 17.4 Å². The van der Waals surface area contributed by atoms with Crippen LogP contribution in [0.2, 0.25) is 0 Å². The number of fused-ring (bicyclic) bond motifs is 2. The summed E-state index contributed by atoms with van der Waals surface area (Å²) in [7, 11) is -6.10. The largest absolute Gasteiger partial charge is 0.354 e. The van der Waals surface area contributed by atoms with Gasteiger partial charge < -0.3 is 5.32 Å². The topological polar surface area (TPSA) is 131 Å². The lowest BCUT2D eigenvalue weighted by atomic mass is 9.99. The van der Waals surface area contributed by atoms with Crippen molar-refractivity contribution in [1.29, 1.82) is 0 Å². The quantitative estimate of drug-likeness (QED) is 0.663. The highest BCUT2D eigenvalue weighted by Gasteiger charge is 2.25. The molecule has 1 atom stereocenters. The van der Waals surface area contributed by atoms with E-state index in [0.717, 1.165) is 55.3 Å². The fourth-order valence-electron chi connectivity index (χ4n) is 4.21. The van der Waals surface area contributed by atoms with Crippen molar-refractivity contribution in [3.8, 4) is 0 Å². The Morgan fingerprint density at radius 3 is 2.17 bits per heavy atom. The molecule has 4 rings (SSSR count). The number of hydrogen-bond donors (Lipinski definition) is 3.